The van der Waals surface area contributed by atoms with Crippen LogP contribution >= 0.6 is 0 Å². The highest BCUT2D eigenvalue weighted by Crippen LogP contribution is 2.41. The number of aromatic amines is 2. The number of aryl methyl sites for hydroxylation is 4. The Labute approximate surface area is 220 Å². The van der Waals surface area contributed by atoms with Crippen molar-refractivity contribution < 1.29 is 0 Å². The minimum atomic E-state index is 0.966. The van der Waals surface area contributed by atoms with E-state index in [4.69, 9.17) is 9.97 Å². The van der Waals surface area contributed by atoms with E-state index in [0.717, 1.165) is 60.4 Å². The van der Waals surface area contributed by atoms with Crippen LogP contribution in [-0.2, 0) is 12.8 Å². The monoisotopic (exact) mass is 490 g/mol. The van der Waals surface area contributed by atoms with Gasteiger partial charge in [0.05, 0.1) is 22.8 Å². The highest BCUT2D eigenvalue weighted by Gasteiger charge is 2.23. The molecule has 0 fully saturated rings. The number of fused-ring (bicyclic) bond motifs is 10. The summed E-state index contributed by atoms with van der Waals surface area (Å²) in [6.45, 7) is 13.4. The van der Waals surface area contributed by atoms with Gasteiger partial charge < -0.3 is 9.97 Å². The maximum atomic E-state index is 5.26. The number of nitrogens with one attached hydrogen (secondary N) is 2. The van der Waals surface area contributed by atoms with Gasteiger partial charge in [-0.05, 0) is 135 Å². The molecular weight excluding hydrogens is 452 g/mol. The Hall–Kier alpha value is -3.40. The molecule has 5 heterocycles. The minimum absolute atomic E-state index is 0.966. The quantitative estimate of drug-likeness (QED) is 0.385. The van der Waals surface area contributed by atoms with Gasteiger partial charge in [-0.25, -0.2) is 9.97 Å². The molecule has 190 valence electrons. The Bertz CT molecular complexity index is 1660. The fraction of sp³-hybridized carbons (Fsp3) is 0.394. The summed E-state index contributed by atoms with van der Waals surface area (Å²) in [6.07, 6.45) is 7.65. The highest BCUT2D eigenvalue weighted by atomic mass is 14.8. The Morgan fingerprint density at radius 3 is 1.57 bits per heavy atom. The van der Waals surface area contributed by atoms with Gasteiger partial charge in [0.25, 0.3) is 0 Å². The van der Waals surface area contributed by atoms with Crippen LogP contribution in [0.5, 0.6) is 0 Å². The molecule has 6 rings (SSSR count). The molecule has 37 heavy (non-hydrogen) atoms. The lowest BCUT2D eigenvalue weighted by Gasteiger charge is -2.13. The van der Waals surface area contributed by atoms with Crippen LogP contribution in [-0.4, -0.2) is 19.9 Å². The van der Waals surface area contributed by atoms with Gasteiger partial charge in [-0.3, -0.25) is 0 Å². The normalized spacial score (nSPS) is 15.5. The van der Waals surface area contributed by atoms with Crippen molar-refractivity contribution in [2.45, 2.75) is 86.5 Å². The van der Waals surface area contributed by atoms with Crippen LogP contribution in [0.25, 0.3) is 44.4 Å². The summed E-state index contributed by atoms with van der Waals surface area (Å²) in [4.78, 5) is 18.0. The largest absolute Gasteiger partial charge is 0.355 e. The number of H-pyrrole nitrogens is 2. The fourth-order valence-corrected chi connectivity index (χ4v) is 6.66. The van der Waals surface area contributed by atoms with Crippen LogP contribution in [0.2, 0.25) is 0 Å². The van der Waals surface area contributed by atoms with Crippen LogP contribution in [0, 0.1) is 13.8 Å². The van der Waals surface area contributed by atoms with Crippen molar-refractivity contribution in [3.63, 3.8) is 0 Å². The van der Waals surface area contributed by atoms with Crippen LogP contribution in [0.3, 0.4) is 0 Å². The zero-order valence-corrected chi connectivity index (χ0v) is 23.2. The number of hydrogen-bond acceptors (Lipinski definition) is 2. The summed E-state index contributed by atoms with van der Waals surface area (Å²) in [5.41, 5.74) is 20.0. The topological polar surface area (TPSA) is 57.4 Å². The molecule has 0 saturated carbocycles. The molecule has 8 bridgehead atoms. The lowest BCUT2D eigenvalue weighted by Crippen LogP contribution is -1.93. The Kier molecular flexibility index (Phi) is 5.94. The maximum absolute atomic E-state index is 5.26. The number of nitrogens with zero attached hydrogens (tertiary/aromatic N) is 2. The van der Waals surface area contributed by atoms with Gasteiger partial charge in [-0.15, -0.1) is 0 Å². The van der Waals surface area contributed by atoms with E-state index in [2.05, 4.69) is 75.8 Å². The number of hydrogen-bond donors (Lipinski definition) is 2. The molecule has 2 aliphatic heterocycles. The lowest BCUT2D eigenvalue weighted by atomic mass is 9.90. The van der Waals surface area contributed by atoms with Crippen LogP contribution < -0.4 is 0 Å². The van der Waals surface area contributed by atoms with Gasteiger partial charge in [-0.1, -0.05) is 20.8 Å². The minimum Gasteiger partial charge on any atom is -0.355 e. The third kappa shape index (κ3) is 3.80. The molecule has 0 amide bonds. The molecular formula is C33H38N4. The van der Waals surface area contributed by atoms with Crippen molar-refractivity contribution in [3.05, 3.63) is 69.3 Å². The Morgan fingerprint density at radius 2 is 1.05 bits per heavy atom. The Balaban J connectivity index is 1.79. The molecule has 0 spiro atoms. The van der Waals surface area contributed by atoms with Crippen molar-refractivity contribution in [1.82, 2.24) is 19.9 Å². The zero-order chi connectivity index (χ0) is 25.8. The molecule has 2 N–H and O–H groups in total. The first-order valence-corrected chi connectivity index (χ1v) is 14.1. The smallest absolute Gasteiger partial charge is 0.0693 e. The molecule has 4 heteroatoms. The average molecular weight is 491 g/mol. The SMILES string of the molecule is CCC1=C(C)c2cc3[nH]c(cc4nc(cc5[nH]c(cc1n2)c(CC)c5C)C1=C4CCCC1)c(CC)c3C. The number of allylic oxidation sites excluding steroid dienone is 4. The first-order chi connectivity index (χ1) is 17.9. The summed E-state index contributed by atoms with van der Waals surface area (Å²) in [5.74, 6) is 0. The molecule has 3 aromatic rings. The van der Waals surface area contributed by atoms with E-state index in [9.17, 15) is 0 Å². The number of aromatic nitrogens is 4. The van der Waals surface area contributed by atoms with E-state index in [1.807, 2.05) is 0 Å². The predicted octanol–water partition coefficient (Wildman–Crippen LogP) is 8.88. The van der Waals surface area contributed by atoms with Gasteiger partial charge in [0.2, 0.25) is 0 Å². The molecule has 3 aromatic heterocycles. The van der Waals surface area contributed by atoms with Crippen molar-refractivity contribution in [2.75, 3.05) is 0 Å². The van der Waals surface area contributed by atoms with Crippen LogP contribution in [0.1, 0.15) is 105 Å². The van der Waals surface area contributed by atoms with Gasteiger partial charge in [0.1, 0.15) is 0 Å². The van der Waals surface area contributed by atoms with Gasteiger partial charge >= 0.3 is 0 Å². The summed E-state index contributed by atoms with van der Waals surface area (Å²) < 4.78 is 0. The Morgan fingerprint density at radius 1 is 0.595 bits per heavy atom. The van der Waals surface area contributed by atoms with Crippen LogP contribution in [0.15, 0.2) is 24.3 Å². The maximum Gasteiger partial charge on any atom is 0.0693 e. The van der Waals surface area contributed by atoms with Crippen molar-refractivity contribution >= 4 is 44.4 Å². The van der Waals surface area contributed by atoms with Gasteiger partial charge in [0.15, 0.2) is 0 Å². The van der Waals surface area contributed by atoms with Crippen molar-refractivity contribution in [1.29, 1.82) is 0 Å². The first kappa shape index (κ1) is 24.0. The van der Waals surface area contributed by atoms with E-state index in [1.54, 1.807) is 0 Å². The molecule has 0 radical (unpaired) electrons. The van der Waals surface area contributed by atoms with Crippen LogP contribution in [0.4, 0.5) is 0 Å². The number of rotatable bonds is 3. The molecule has 0 saturated heterocycles. The van der Waals surface area contributed by atoms with E-state index in [0.29, 0.717) is 0 Å². The molecule has 1 aliphatic carbocycles. The standard InChI is InChI=1S/C33H38N4/c1-7-21-18(4)26-14-27-19(5)22(8-2)31(35-27)17-33-25-13-11-10-12-24(25)32(37-33)15-28-20(6)23(9-3)30(36-28)16-29(21)34-26/h14-17,35-36H,7-13H2,1-6H3. The lowest BCUT2D eigenvalue weighted by molar-refractivity contribution is 0.756. The van der Waals surface area contributed by atoms with Gasteiger partial charge in [-0.2, -0.15) is 0 Å². The summed E-state index contributed by atoms with van der Waals surface area (Å²) in [7, 11) is 0. The second-order valence-corrected chi connectivity index (χ2v) is 10.8. The molecule has 0 atom stereocenters. The molecule has 4 nitrogen and oxygen atoms in total. The average Bonchev–Trinajstić information content (AvgIpc) is 3.57. The fourth-order valence-electron chi connectivity index (χ4n) is 6.66. The molecule has 3 aliphatic rings. The van der Waals surface area contributed by atoms with Crippen molar-refractivity contribution in [2.24, 2.45) is 0 Å². The second kappa shape index (κ2) is 9.16. The zero-order valence-electron chi connectivity index (χ0n) is 23.2. The third-order valence-electron chi connectivity index (χ3n) is 8.80. The predicted molar refractivity (Wildman–Crippen MR) is 157 cm³/mol. The van der Waals surface area contributed by atoms with E-state index < -0.39 is 0 Å². The molecule has 0 unspecified atom stereocenters. The first-order valence-electron chi connectivity index (χ1n) is 14.1. The highest BCUT2D eigenvalue weighted by molar-refractivity contribution is 5.95. The molecule has 0 aromatic carbocycles. The summed E-state index contributed by atoms with van der Waals surface area (Å²) in [6, 6.07) is 9.14. The third-order valence-corrected chi connectivity index (χ3v) is 8.80. The van der Waals surface area contributed by atoms with E-state index in [-0.39, 0.29) is 0 Å². The van der Waals surface area contributed by atoms with E-state index in [1.165, 1.54) is 73.9 Å². The summed E-state index contributed by atoms with van der Waals surface area (Å²) in [5, 5.41) is 0. The van der Waals surface area contributed by atoms with Crippen molar-refractivity contribution in [3.8, 4) is 0 Å². The van der Waals surface area contributed by atoms with E-state index >= 15 is 0 Å². The summed E-state index contributed by atoms with van der Waals surface area (Å²) >= 11 is 0. The van der Waals surface area contributed by atoms with Gasteiger partial charge in [0, 0.05) is 22.1 Å². The second-order valence-electron chi connectivity index (χ2n) is 10.8.